The van der Waals surface area contributed by atoms with Crippen molar-refractivity contribution in [1.82, 2.24) is 0 Å². The quantitative estimate of drug-likeness (QED) is 0.867. The Morgan fingerprint density at radius 1 is 1.50 bits per heavy atom. The van der Waals surface area contributed by atoms with Gasteiger partial charge in [-0.1, -0.05) is 11.6 Å². The van der Waals surface area contributed by atoms with E-state index < -0.39 is 6.10 Å². The van der Waals surface area contributed by atoms with Gasteiger partial charge in [0.15, 0.2) is 0 Å². The minimum atomic E-state index is -0.491. The van der Waals surface area contributed by atoms with Gasteiger partial charge in [0.2, 0.25) is 0 Å². The summed E-state index contributed by atoms with van der Waals surface area (Å²) in [7, 11) is 0. The molecular weight excluding hydrogens is 228 g/mol. The molecule has 0 bridgehead atoms. The summed E-state index contributed by atoms with van der Waals surface area (Å²) in [5.74, 6) is 1.27. The van der Waals surface area contributed by atoms with Crippen molar-refractivity contribution in [2.45, 2.75) is 32.5 Å². The largest absolute Gasteiger partial charge is 0.493 e. The number of rotatable bonds is 2. The normalized spacial score (nSPS) is 19.2. The zero-order valence-corrected chi connectivity index (χ0v) is 10.1. The molecule has 0 radical (unpaired) electrons. The molecule has 2 rings (SSSR count). The highest BCUT2D eigenvalue weighted by Crippen LogP contribution is 2.39. The van der Waals surface area contributed by atoms with E-state index in [4.69, 9.17) is 21.1 Å². The Morgan fingerprint density at radius 3 is 2.94 bits per heavy atom. The number of hydrogen-bond donors (Lipinski definition) is 1. The van der Waals surface area contributed by atoms with Crippen molar-refractivity contribution in [3.8, 4) is 11.5 Å². The highest BCUT2D eigenvalue weighted by molar-refractivity contribution is 6.32. The maximum absolute atomic E-state index is 9.78. The van der Waals surface area contributed by atoms with Gasteiger partial charge in [-0.2, -0.15) is 0 Å². The molecule has 1 aliphatic heterocycles. The van der Waals surface area contributed by atoms with Crippen LogP contribution >= 0.6 is 11.6 Å². The first-order valence-electron chi connectivity index (χ1n) is 5.39. The van der Waals surface area contributed by atoms with Crippen molar-refractivity contribution in [3.05, 3.63) is 22.7 Å². The molecule has 0 aliphatic carbocycles. The van der Waals surface area contributed by atoms with Crippen molar-refractivity contribution < 1.29 is 14.6 Å². The zero-order valence-electron chi connectivity index (χ0n) is 9.37. The van der Waals surface area contributed by atoms with E-state index in [-0.39, 0.29) is 6.10 Å². The second-order valence-electron chi connectivity index (χ2n) is 4.14. The number of ether oxygens (including phenoxy) is 2. The van der Waals surface area contributed by atoms with Gasteiger partial charge >= 0.3 is 0 Å². The van der Waals surface area contributed by atoms with Gasteiger partial charge < -0.3 is 14.6 Å². The van der Waals surface area contributed by atoms with Crippen LogP contribution in [0.2, 0.25) is 5.02 Å². The molecule has 0 fully saturated rings. The summed E-state index contributed by atoms with van der Waals surface area (Å²) in [6.45, 7) is 4.40. The number of benzene rings is 1. The molecule has 1 heterocycles. The fourth-order valence-electron chi connectivity index (χ4n) is 1.72. The maximum Gasteiger partial charge on any atom is 0.141 e. The summed E-state index contributed by atoms with van der Waals surface area (Å²) in [4.78, 5) is 0. The molecule has 0 saturated carbocycles. The smallest absolute Gasteiger partial charge is 0.141 e. The lowest BCUT2D eigenvalue weighted by atomic mass is 10.0. The van der Waals surface area contributed by atoms with E-state index in [2.05, 4.69) is 0 Å². The highest BCUT2D eigenvalue weighted by atomic mass is 35.5. The lowest BCUT2D eigenvalue weighted by Gasteiger charge is -2.23. The molecular formula is C12H15ClO3. The average Bonchev–Trinajstić information content (AvgIpc) is 2.20. The van der Waals surface area contributed by atoms with Crippen molar-refractivity contribution in [3.63, 3.8) is 0 Å². The fourth-order valence-corrected chi connectivity index (χ4v) is 1.93. The third-order valence-corrected chi connectivity index (χ3v) is 2.73. The molecule has 1 aromatic carbocycles. The van der Waals surface area contributed by atoms with E-state index >= 15 is 0 Å². The van der Waals surface area contributed by atoms with Gasteiger partial charge in [-0.05, 0) is 19.9 Å². The van der Waals surface area contributed by atoms with Gasteiger partial charge in [-0.25, -0.2) is 0 Å². The summed E-state index contributed by atoms with van der Waals surface area (Å²) < 4.78 is 11.0. The predicted molar refractivity (Wildman–Crippen MR) is 62.3 cm³/mol. The molecule has 1 aromatic rings. The molecule has 0 aromatic heterocycles. The number of fused-ring (bicyclic) bond motifs is 1. The van der Waals surface area contributed by atoms with Gasteiger partial charge in [0.1, 0.15) is 11.5 Å². The van der Waals surface area contributed by atoms with Crippen LogP contribution in [0.1, 0.15) is 31.9 Å². The molecule has 0 saturated heterocycles. The van der Waals surface area contributed by atoms with E-state index in [1.165, 1.54) is 0 Å². The molecule has 1 unspecified atom stereocenters. The van der Waals surface area contributed by atoms with Gasteiger partial charge in [-0.3, -0.25) is 0 Å². The Hall–Kier alpha value is -0.930. The highest BCUT2D eigenvalue weighted by Gasteiger charge is 2.21. The van der Waals surface area contributed by atoms with Crippen LogP contribution in [0.15, 0.2) is 12.1 Å². The van der Waals surface area contributed by atoms with Crippen LogP contribution in [0.5, 0.6) is 11.5 Å². The Kier molecular flexibility index (Phi) is 3.26. The third kappa shape index (κ3) is 2.25. The molecule has 0 spiro atoms. The standard InChI is InChI=1S/C12H15ClO3/c1-7(2)16-12-6-11-8(5-9(12)13)10(14)3-4-15-11/h5-7,10,14H,3-4H2,1-2H3. The molecule has 1 atom stereocenters. The predicted octanol–water partition coefficient (Wildman–Crippen LogP) is 2.94. The number of aliphatic hydroxyl groups is 1. The van der Waals surface area contributed by atoms with Crippen LogP contribution in [0.25, 0.3) is 0 Å². The van der Waals surface area contributed by atoms with Gasteiger partial charge in [0.25, 0.3) is 0 Å². The van der Waals surface area contributed by atoms with Crippen molar-refractivity contribution >= 4 is 11.6 Å². The second kappa shape index (κ2) is 4.52. The summed E-state index contributed by atoms with van der Waals surface area (Å²) in [5, 5.41) is 10.3. The lowest BCUT2D eigenvalue weighted by molar-refractivity contribution is 0.115. The van der Waals surface area contributed by atoms with Crippen LogP contribution in [0.3, 0.4) is 0 Å². The summed E-state index contributed by atoms with van der Waals surface area (Å²) in [5.41, 5.74) is 0.743. The monoisotopic (exact) mass is 242 g/mol. The van der Waals surface area contributed by atoms with Gasteiger partial charge in [0.05, 0.1) is 23.8 Å². The van der Waals surface area contributed by atoms with Crippen LogP contribution in [0, 0.1) is 0 Å². The first kappa shape index (κ1) is 11.6. The van der Waals surface area contributed by atoms with Crippen molar-refractivity contribution in [2.75, 3.05) is 6.61 Å². The lowest BCUT2D eigenvalue weighted by Crippen LogP contribution is -2.14. The fraction of sp³-hybridized carbons (Fsp3) is 0.500. The maximum atomic E-state index is 9.78. The Balaban J connectivity index is 2.36. The number of halogens is 1. The summed E-state index contributed by atoms with van der Waals surface area (Å²) in [6.07, 6.45) is 0.173. The van der Waals surface area contributed by atoms with Gasteiger partial charge in [-0.15, -0.1) is 0 Å². The van der Waals surface area contributed by atoms with E-state index in [0.717, 1.165) is 5.56 Å². The molecule has 4 heteroatoms. The zero-order chi connectivity index (χ0) is 11.7. The summed E-state index contributed by atoms with van der Waals surface area (Å²) >= 11 is 6.08. The third-order valence-electron chi connectivity index (χ3n) is 2.43. The molecule has 0 amide bonds. The van der Waals surface area contributed by atoms with Gasteiger partial charge in [0, 0.05) is 18.1 Å². The Morgan fingerprint density at radius 2 is 2.25 bits per heavy atom. The minimum absolute atomic E-state index is 0.0593. The summed E-state index contributed by atoms with van der Waals surface area (Å²) in [6, 6.07) is 3.47. The van der Waals surface area contributed by atoms with E-state index in [1.54, 1.807) is 12.1 Å². The molecule has 88 valence electrons. The Bertz CT molecular complexity index is 390. The first-order chi connectivity index (χ1) is 7.58. The second-order valence-corrected chi connectivity index (χ2v) is 4.55. The van der Waals surface area contributed by atoms with Crippen LogP contribution in [-0.2, 0) is 0 Å². The SMILES string of the molecule is CC(C)Oc1cc2c(cc1Cl)C(O)CCO2. The number of hydrogen-bond acceptors (Lipinski definition) is 3. The first-order valence-corrected chi connectivity index (χ1v) is 5.76. The van der Waals surface area contributed by atoms with Crippen LogP contribution in [0.4, 0.5) is 0 Å². The number of aliphatic hydroxyl groups excluding tert-OH is 1. The van der Waals surface area contributed by atoms with E-state index in [9.17, 15) is 5.11 Å². The molecule has 1 N–H and O–H groups in total. The van der Waals surface area contributed by atoms with E-state index in [0.29, 0.717) is 29.5 Å². The van der Waals surface area contributed by atoms with Crippen molar-refractivity contribution in [1.29, 1.82) is 0 Å². The van der Waals surface area contributed by atoms with Crippen molar-refractivity contribution in [2.24, 2.45) is 0 Å². The molecule has 1 aliphatic rings. The van der Waals surface area contributed by atoms with Crippen LogP contribution < -0.4 is 9.47 Å². The average molecular weight is 243 g/mol. The Labute approximate surface area is 99.9 Å². The van der Waals surface area contributed by atoms with Crippen LogP contribution in [-0.4, -0.2) is 17.8 Å². The topological polar surface area (TPSA) is 38.7 Å². The molecule has 16 heavy (non-hydrogen) atoms. The minimum Gasteiger partial charge on any atom is -0.493 e. The van der Waals surface area contributed by atoms with E-state index in [1.807, 2.05) is 13.8 Å². The molecule has 3 nitrogen and oxygen atoms in total.